The van der Waals surface area contributed by atoms with Crippen molar-refractivity contribution in [3.8, 4) is 0 Å². The summed E-state index contributed by atoms with van der Waals surface area (Å²) in [5, 5.41) is 11.2. The van der Waals surface area contributed by atoms with Gasteiger partial charge in [0.15, 0.2) is 5.84 Å². The van der Waals surface area contributed by atoms with E-state index in [1.54, 1.807) is 7.05 Å². The average molecular weight is 243 g/mol. The van der Waals surface area contributed by atoms with Crippen molar-refractivity contribution in [2.75, 3.05) is 20.2 Å². The molecule has 1 rings (SSSR count). The van der Waals surface area contributed by atoms with Crippen molar-refractivity contribution < 1.29 is 14.7 Å². The molecule has 0 heterocycles. The maximum Gasteiger partial charge on any atom is 0.222 e. The first-order valence-corrected chi connectivity index (χ1v) is 5.88. The zero-order valence-corrected chi connectivity index (χ0v) is 10.4. The quantitative estimate of drug-likeness (QED) is 0.306. The van der Waals surface area contributed by atoms with Gasteiger partial charge < -0.3 is 20.6 Å². The fourth-order valence-electron chi connectivity index (χ4n) is 1.98. The van der Waals surface area contributed by atoms with Crippen molar-refractivity contribution in [1.29, 1.82) is 0 Å². The highest BCUT2D eigenvalue weighted by Crippen LogP contribution is 2.32. The monoisotopic (exact) mass is 243 g/mol. The van der Waals surface area contributed by atoms with Gasteiger partial charge in [-0.2, -0.15) is 0 Å². The Morgan fingerprint density at radius 2 is 2.24 bits per heavy atom. The van der Waals surface area contributed by atoms with Crippen LogP contribution >= 0.6 is 0 Å². The Morgan fingerprint density at radius 1 is 1.59 bits per heavy atom. The van der Waals surface area contributed by atoms with E-state index < -0.39 is 0 Å². The van der Waals surface area contributed by atoms with Crippen molar-refractivity contribution in [1.82, 2.24) is 4.90 Å². The van der Waals surface area contributed by atoms with Gasteiger partial charge in [-0.3, -0.25) is 4.79 Å². The number of ether oxygens (including phenoxy) is 1. The number of rotatable bonds is 6. The Bertz CT molecular complexity index is 288. The Labute approximate surface area is 101 Å². The number of oxime groups is 1. The third-order valence-corrected chi connectivity index (χ3v) is 3.01. The fraction of sp³-hybridized carbons (Fsp3) is 0.818. The van der Waals surface area contributed by atoms with Gasteiger partial charge in [0, 0.05) is 20.1 Å². The molecule has 0 aromatic rings. The molecular formula is C11H21N3O3. The third-order valence-electron chi connectivity index (χ3n) is 3.01. The second-order valence-corrected chi connectivity index (χ2v) is 4.46. The van der Waals surface area contributed by atoms with E-state index >= 15 is 0 Å². The van der Waals surface area contributed by atoms with Crippen LogP contribution in [-0.4, -0.2) is 48.2 Å². The molecule has 3 N–H and O–H groups in total. The van der Waals surface area contributed by atoms with E-state index in [0.717, 1.165) is 19.4 Å². The highest BCUT2D eigenvalue weighted by atomic mass is 16.5. The summed E-state index contributed by atoms with van der Waals surface area (Å²) in [4.78, 5) is 13.2. The maximum atomic E-state index is 11.8. The lowest BCUT2D eigenvalue weighted by molar-refractivity contribution is -0.132. The molecule has 17 heavy (non-hydrogen) atoms. The number of amidine groups is 1. The molecular weight excluding hydrogens is 222 g/mol. The third kappa shape index (κ3) is 4.22. The number of hydrogen-bond donors (Lipinski definition) is 2. The number of likely N-dealkylation sites (N-methyl/N-ethyl adjacent to an activating group) is 1. The van der Waals surface area contributed by atoms with Gasteiger partial charge in [0.25, 0.3) is 0 Å². The summed E-state index contributed by atoms with van der Waals surface area (Å²) in [6.07, 6.45) is 2.75. The number of nitrogens with zero attached hydrogens (tertiary/aromatic N) is 2. The van der Waals surface area contributed by atoms with E-state index in [9.17, 15) is 4.79 Å². The second-order valence-electron chi connectivity index (χ2n) is 4.46. The molecule has 6 nitrogen and oxygen atoms in total. The topological polar surface area (TPSA) is 88.2 Å². The summed E-state index contributed by atoms with van der Waals surface area (Å²) in [6.45, 7) is 2.87. The zero-order chi connectivity index (χ0) is 12.8. The van der Waals surface area contributed by atoms with Gasteiger partial charge in [0.1, 0.15) is 0 Å². The van der Waals surface area contributed by atoms with Crippen LogP contribution in [-0.2, 0) is 9.53 Å². The molecule has 6 heteroatoms. The molecule has 0 bridgehead atoms. The number of amides is 1. The summed E-state index contributed by atoms with van der Waals surface area (Å²) in [5.74, 6) is 0.479. The van der Waals surface area contributed by atoms with E-state index in [1.807, 2.05) is 6.92 Å². The zero-order valence-electron chi connectivity index (χ0n) is 10.4. The van der Waals surface area contributed by atoms with Crippen LogP contribution in [0.3, 0.4) is 0 Å². The van der Waals surface area contributed by atoms with Crippen LogP contribution in [0, 0.1) is 5.92 Å². The molecule has 0 aliphatic heterocycles. The second kappa shape index (κ2) is 6.44. The summed E-state index contributed by atoms with van der Waals surface area (Å²) < 4.78 is 5.43. The van der Waals surface area contributed by atoms with Gasteiger partial charge in [-0.1, -0.05) is 5.16 Å². The molecule has 0 aromatic heterocycles. The first-order chi connectivity index (χ1) is 8.06. The molecule has 0 radical (unpaired) electrons. The minimum atomic E-state index is 0.0246. The van der Waals surface area contributed by atoms with Gasteiger partial charge in [-0.15, -0.1) is 0 Å². The molecule has 1 saturated carbocycles. The van der Waals surface area contributed by atoms with Gasteiger partial charge in [0.05, 0.1) is 12.6 Å². The van der Waals surface area contributed by atoms with Crippen molar-refractivity contribution in [3.63, 3.8) is 0 Å². The molecule has 0 atom stereocenters. The lowest BCUT2D eigenvalue weighted by atomic mass is 9.80. The minimum Gasteiger partial charge on any atom is -0.409 e. The van der Waals surface area contributed by atoms with E-state index in [2.05, 4.69) is 5.16 Å². The van der Waals surface area contributed by atoms with E-state index in [4.69, 9.17) is 15.7 Å². The predicted octanol–water partition coefficient (Wildman–Crippen LogP) is 0.396. The van der Waals surface area contributed by atoms with Crippen LogP contribution in [0.15, 0.2) is 5.16 Å². The van der Waals surface area contributed by atoms with Gasteiger partial charge in [0.2, 0.25) is 5.91 Å². The SMILES string of the molecule is CCOC1CC(CC(=O)N(C)CC(N)=NO)C1. The van der Waals surface area contributed by atoms with E-state index in [-0.39, 0.29) is 18.3 Å². The highest BCUT2D eigenvalue weighted by molar-refractivity contribution is 5.86. The summed E-state index contributed by atoms with van der Waals surface area (Å²) >= 11 is 0. The maximum absolute atomic E-state index is 11.8. The minimum absolute atomic E-state index is 0.0246. The van der Waals surface area contributed by atoms with Crippen molar-refractivity contribution in [2.24, 2.45) is 16.8 Å². The predicted molar refractivity (Wildman–Crippen MR) is 63.8 cm³/mol. The van der Waals surface area contributed by atoms with Crippen molar-refractivity contribution in [3.05, 3.63) is 0 Å². The lowest BCUT2D eigenvalue weighted by Crippen LogP contribution is -2.39. The molecule has 0 aromatic carbocycles. The summed E-state index contributed by atoms with van der Waals surface area (Å²) in [7, 11) is 1.65. The molecule has 0 unspecified atom stereocenters. The summed E-state index contributed by atoms with van der Waals surface area (Å²) in [5.41, 5.74) is 5.34. The number of carbonyl (C=O) groups excluding carboxylic acids is 1. The van der Waals surface area contributed by atoms with Crippen LogP contribution in [0.1, 0.15) is 26.2 Å². The molecule has 0 spiro atoms. The summed E-state index contributed by atoms with van der Waals surface area (Å²) in [6, 6.07) is 0. The van der Waals surface area contributed by atoms with Crippen molar-refractivity contribution in [2.45, 2.75) is 32.3 Å². The van der Waals surface area contributed by atoms with Crippen LogP contribution < -0.4 is 5.73 Å². The molecule has 1 aliphatic carbocycles. The Hall–Kier alpha value is -1.30. The first kappa shape index (κ1) is 13.8. The Morgan fingerprint density at radius 3 is 2.76 bits per heavy atom. The van der Waals surface area contributed by atoms with Crippen LogP contribution in [0.2, 0.25) is 0 Å². The van der Waals surface area contributed by atoms with Gasteiger partial charge in [-0.25, -0.2) is 0 Å². The van der Waals surface area contributed by atoms with Crippen LogP contribution in [0.25, 0.3) is 0 Å². The Kier molecular flexibility index (Phi) is 5.21. The van der Waals surface area contributed by atoms with E-state index in [1.165, 1.54) is 4.90 Å². The molecule has 98 valence electrons. The van der Waals surface area contributed by atoms with Gasteiger partial charge in [-0.05, 0) is 25.7 Å². The average Bonchev–Trinajstić information content (AvgIpc) is 2.25. The van der Waals surface area contributed by atoms with Crippen molar-refractivity contribution >= 4 is 11.7 Å². The lowest BCUT2D eigenvalue weighted by Gasteiger charge is -2.35. The number of nitrogens with two attached hydrogens (primary N) is 1. The first-order valence-electron chi connectivity index (χ1n) is 5.88. The van der Waals surface area contributed by atoms with Crippen LogP contribution in [0.5, 0.6) is 0 Å². The van der Waals surface area contributed by atoms with E-state index in [0.29, 0.717) is 18.4 Å². The standard InChI is InChI=1S/C11H21N3O3/c1-3-17-9-4-8(5-9)6-11(15)14(2)7-10(12)13-16/h8-9,16H,3-7H2,1-2H3,(H2,12,13). The molecule has 1 fully saturated rings. The van der Waals surface area contributed by atoms with Gasteiger partial charge >= 0.3 is 0 Å². The van der Waals surface area contributed by atoms with Crippen LogP contribution in [0.4, 0.5) is 0 Å². The molecule has 0 saturated heterocycles. The normalized spacial score (nSPS) is 24.2. The molecule has 1 amide bonds. The highest BCUT2D eigenvalue weighted by Gasteiger charge is 2.31. The smallest absolute Gasteiger partial charge is 0.222 e. The largest absolute Gasteiger partial charge is 0.409 e. The number of hydrogen-bond acceptors (Lipinski definition) is 4. The molecule has 1 aliphatic rings. The number of carbonyl (C=O) groups is 1. The Balaban J connectivity index is 2.22. The fourth-order valence-corrected chi connectivity index (χ4v) is 1.98.